The van der Waals surface area contributed by atoms with Gasteiger partial charge in [-0.15, -0.1) is 0 Å². The summed E-state index contributed by atoms with van der Waals surface area (Å²) in [4.78, 5) is 0. The van der Waals surface area contributed by atoms with Crippen LogP contribution in [0, 0.1) is 26.8 Å². The molecule has 0 saturated heterocycles. The zero-order chi connectivity index (χ0) is 20.4. The second-order valence-electron chi connectivity index (χ2n) is 8.22. The number of benzene rings is 3. The summed E-state index contributed by atoms with van der Waals surface area (Å²) >= 11 is 0. The zero-order valence-corrected chi connectivity index (χ0v) is 23.4. The van der Waals surface area contributed by atoms with Crippen molar-refractivity contribution in [1.29, 1.82) is 0 Å². The van der Waals surface area contributed by atoms with E-state index in [0.29, 0.717) is 0 Å². The molecular weight excluding hydrogens is 503 g/mol. The van der Waals surface area contributed by atoms with Gasteiger partial charge in [-0.1, -0.05) is 109 Å². The average Bonchev–Trinajstić information content (AvgIpc) is 3.18. The Bertz CT molecular complexity index is 1000. The fourth-order valence-corrected chi connectivity index (χ4v) is 4.84. The Morgan fingerprint density at radius 1 is 0.697 bits per heavy atom. The van der Waals surface area contributed by atoms with Gasteiger partial charge >= 0.3 is 21.7 Å². The van der Waals surface area contributed by atoms with E-state index in [1.807, 2.05) is 0 Å². The van der Waals surface area contributed by atoms with Crippen LogP contribution in [0.2, 0.25) is 0 Å². The molecule has 3 aromatic rings. The molecule has 0 aliphatic heterocycles. The molecule has 33 heavy (non-hydrogen) atoms. The Morgan fingerprint density at radius 3 is 1.42 bits per heavy atom. The molecule has 0 fully saturated rings. The Morgan fingerprint density at radius 2 is 1.09 bits per heavy atom. The van der Waals surface area contributed by atoms with Crippen LogP contribution in [0.1, 0.15) is 53.1 Å². The monoisotopic (exact) mass is 530 g/mol. The van der Waals surface area contributed by atoms with E-state index in [2.05, 4.69) is 113 Å². The molecule has 1 aliphatic carbocycles. The maximum absolute atomic E-state index is 3.57. The topological polar surface area (TPSA) is 0 Å². The van der Waals surface area contributed by atoms with E-state index in [-0.39, 0.29) is 64.4 Å². The van der Waals surface area contributed by atoms with Crippen molar-refractivity contribution in [3.05, 3.63) is 129 Å². The zero-order valence-electron chi connectivity index (χ0n) is 19.6. The van der Waals surface area contributed by atoms with Crippen LogP contribution in [0.15, 0.2) is 90.0 Å². The van der Waals surface area contributed by atoms with Gasteiger partial charge in [-0.05, 0) is 37.5 Å². The molecule has 4 rings (SSSR count). The van der Waals surface area contributed by atoms with Crippen LogP contribution >= 0.6 is 0 Å². The predicted octanol–water partition coefficient (Wildman–Crippen LogP) is -1.57. The van der Waals surface area contributed by atoms with Crippen molar-refractivity contribution in [2.24, 2.45) is 0 Å². The van der Waals surface area contributed by atoms with Crippen LogP contribution in [-0.2, 0) is 27.1 Å². The van der Waals surface area contributed by atoms with Crippen LogP contribution < -0.4 is 37.2 Å². The first-order valence-corrected chi connectivity index (χ1v) is 10.6. The van der Waals surface area contributed by atoms with Crippen LogP contribution in [0.3, 0.4) is 0 Å². The molecule has 0 unspecified atom stereocenters. The second-order valence-corrected chi connectivity index (χ2v) is 8.22. The molecule has 0 amide bonds. The Balaban J connectivity index is 0.00000256. The smallest absolute Gasteiger partial charge is 1.00 e. The third-order valence-electron chi connectivity index (χ3n) is 6.11. The molecule has 3 aromatic carbocycles. The molecule has 0 heterocycles. The predicted molar refractivity (Wildman–Crippen MR) is 123 cm³/mol. The molecule has 0 saturated carbocycles. The molecule has 0 N–H and O–H groups in total. The fourth-order valence-electron chi connectivity index (χ4n) is 4.84. The van der Waals surface area contributed by atoms with Gasteiger partial charge in [-0.25, -0.2) is 5.57 Å². The number of hydrogen-bond donors (Lipinski definition) is 0. The van der Waals surface area contributed by atoms with Crippen molar-refractivity contribution in [2.45, 2.75) is 46.0 Å². The number of allylic oxidation sites excluding steroid dienone is 4. The molecule has 1 aliphatic rings. The van der Waals surface area contributed by atoms with Gasteiger partial charge in [-0.3, -0.25) is 6.08 Å². The van der Waals surface area contributed by atoms with Crippen LogP contribution in [0.4, 0.5) is 0 Å². The van der Waals surface area contributed by atoms with E-state index in [1.165, 1.54) is 44.5 Å². The minimum absolute atomic E-state index is 0. The summed E-state index contributed by atoms with van der Waals surface area (Å²) in [6, 6.07) is 27.2. The number of rotatable bonds is 5. The molecule has 0 spiro atoms. The average molecular weight is 532 g/mol. The van der Waals surface area contributed by atoms with E-state index in [9.17, 15) is 0 Å². The minimum atomic E-state index is -0.310. The van der Waals surface area contributed by atoms with Crippen LogP contribution in [0.25, 0.3) is 0 Å². The standard InChI is InChI=1S/C29H29.3ClH.Ti/c1-5-24-13-9-17-28(24)29(25-14-6-10-21(2)18-25,26-15-7-11-22(3)19-26)27-16-8-12-23(4)20-27;;;;/h6-12,14-16,18-20H,5,17H2,1-4H3;3*1H;/q-1;;;;+4/p-3. The van der Waals surface area contributed by atoms with Gasteiger partial charge in [0.05, 0.1) is 0 Å². The maximum atomic E-state index is 3.57. The van der Waals surface area contributed by atoms with E-state index in [1.54, 1.807) is 0 Å². The normalized spacial score (nSPS) is 12.2. The quantitative estimate of drug-likeness (QED) is 0.212. The van der Waals surface area contributed by atoms with Crippen molar-refractivity contribution < 1.29 is 58.9 Å². The first kappa shape index (κ1) is 31.7. The molecule has 0 bridgehead atoms. The number of hydrogen-bond acceptors (Lipinski definition) is 0. The summed E-state index contributed by atoms with van der Waals surface area (Å²) in [5.41, 5.74) is 10.4. The molecule has 0 nitrogen and oxygen atoms in total. The Labute approximate surface area is 233 Å². The number of aryl methyl sites for hydroxylation is 3. The van der Waals surface area contributed by atoms with Gasteiger partial charge < -0.3 is 37.2 Å². The summed E-state index contributed by atoms with van der Waals surface area (Å²) in [5.74, 6) is 0. The van der Waals surface area contributed by atoms with Crippen molar-refractivity contribution in [2.75, 3.05) is 0 Å². The van der Waals surface area contributed by atoms with Crippen molar-refractivity contribution in [3.63, 3.8) is 0 Å². The SMILES string of the molecule is CCC1=C(C(c2cccc(C)c2)(c2cccc(C)c2)c2cccc(C)c2)CC=[C-]1.[Cl-].[Cl-].[Cl-].[Ti+4]. The van der Waals surface area contributed by atoms with Crippen molar-refractivity contribution in [1.82, 2.24) is 0 Å². The molecule has 0 aromatic heterocycles. The molecule has 4 heteroatoms. The summed E-state index contributed by atoms with van der Waals surface area (Å²) in [6.07, 6.45) is 7.72. The van der Waals surface area contributed by atoms with Gasteiger partial charge in [0.15, 0.2) is 0 Å². The third-order valence-corrected chi connectivity index (χ3v) is 6.11. The van der Waals surface area contributed by atoms with Crippen LogP contribution in [-0.4, -0.2) is 0 Å². The van der Waals surface area contributed by atoms with Gasteiger partial charge in [0.1, 0.15) is 0 Å². The van der Waals surface area contributed by atoms with E-state index >= 15 is 0 Å². The Kier molecular flexibility index (Phi) is 13.0. The summed E-state index contributed by atoms with van der Waals surface area (Å²) in [7, 11) is 0. The summed E-state index contributed by atoms with van der Waals surface area (Å²) < 4.78 is 0. The van der Waals surface area contributed by atoms with Gasteiger partial charge in [-0.2, -0.15) is 11.6 Å². The maximum Gasteiger partial charge on any atom is 4.00 e. The molecular formula is C29H29Cl3Ti. The molecule has 170 valence electrons. The van der Waals surface area contributed by atoms with Crippen molar-refractivity contribution in [3.8, 4) is 0 Å². The molecule has 0 radical (unpaired) electrons. The van der Waals surface area contributed by atoms with Crippen molar-refractivity contribution >= 4 is 0 Å². The third kappa shape index (κ3) is 6.05. The second kappa shape index (κ2) is 13.6. The number of halogens is 3. The molecule has 0 atom stereocenters. The van der Waals surface area contributed by atoms with E-state index in [4.69, 9.17) is 0 Å². The van der Waals surface area contributed by atoms with Gasteiger partial charge in [0.25, 0.3) is 0 Å². The largest absolute Gasteiger partial charge is 4.00 e. The van der Waals surface area contributed by atoms with Crippen LogP contribution in [0.5, 0.6) is 0 Å². The van der Waals surface area contributed by atoms with Gasteiger partial charge in [0.2, 0.25) is 0 Å². The van der Waals surface area contributed by atoms with Gasteiger partial charge in [0, 0.05) is 5.41 Å². The first-order valence-electron chi connectivity index (χ1n) is 10.6. The Hall–Kier alpha value is -1.28. The summed E-state index contributed by atoms with van der Waals surface area (Å²) in [5, 5.41) is 0. The summed E-state index contributed by atoms with van der Waals surface area (Å²) in [6.45, 7) is 8.81. The fraction of sp³-hybridized carbons (Fsp3) is 0.241. The minimum Gasteiger partial charge on any atom is -1.00 e. The van der Waals surface area contributed by atoms with E-state index in [0.717, 1.165) is 12.8 Å². The van der Waals surface area contributed by atoms with E-state index < -0.39 is 0 Å². The first-order chi connectivity index (χ1) is 14.1.